The van der Waals surface area contributed by atoms with Crippen LogP contribution in [0.5, 0.6) is 0 Å². The number of benzene rings is 1. The molecular weight excluding hydrogens is 687 g/mol. The van der Waals surface area contributed by atoms with Gasteiger partial charge < -0.3 is 32.9 Å². The Morgan fingerprint density at radius 2 is 1.82 bits per heavy atom. The number of ether oxygens (including phenoxy) is 3. The predicted molar refractivity (Wildman–Crippen MR) is 174 cm³/mol. The van der Waals surface area contributed by atoms with E-state index in [0.29, 0.717) is 17.6 Å². The molecule has 0 spiro atoms. The van der Waals surface area contributed by atoms with Gasteiger partial charge in [0.2, 0.25) is 5.43 Å². The summed E-state index contributed by atoms with van der Waals surface area (Å²) in [6.07, 6.45) is -2.05. The number of urea groups is 1. The fourth-order valence-corrected chi connectivity index (χ4v) is 5.92. The van der Waals surface area contributed by atoms with Crippen molar-refractivity contribution >= 4 is 40.1 Å². The monoisotopic (exact) mass is 717 g/mol. The third-order valence-electron chi connectivity index (χ3n) is 7.35. The Bertz CT molecular complexity index is 2150. The lowest BCUT2D eigenvalue weighted by Gasteiger charge is -2.22. The molecule has 2 amide bonds. The number of methoxy groups -OCH3 is 2. The number of esters is 1. The van der Waals surface area contributed by atoms with Crippen molar-refractivity contribution in [2.24, 2.45) is 0 Å². The van der Waals surface area contributed by atoms with Gasteiger partial charge in [0.15, 0.2) is 23.8 Å². The molecule has 0 aliphatic heterocycles. The number of hydrogen-bond acceptors (Lipinski definition) is 12. The number of alkyl halides is 3. The van der Waals surface area contributed by atoms with Crippen LogP contribution in [0.2, 0.25) is 0 Å². The number of hydrogen-bond donors (Lipinski definition) is 2. The van der Waals surface area contributed by atoms with Crippen molar-refractivity contribution in [3.63, 3.8) is 0 Å². The van der Waals surface area contributed by atoms with Crippen molar-refractivity contribution in [1.29, 1.82) is 0 Å². The molecule has 0 saturated heterocycles. The third kappa shape index (κ3) is 7.77. The molecule has 4 heterocycles. The number of carbonyl (C=O) groups is 2. The number of nitrogens with zero attached hydrogens (tertiary/aromatic N) is 3. The molecule has 18 heteroatoms. The minimum atomic E-state index is -4.70. The lowest BCUT2D eigenvalue weighted by molar-refractivity contribution is -0.140. The molecule has 14 nitrogen and oxygen atoms in total. The number of carbonyl (C=O) groups excluding carboxylic acids is 2. The van der Waals surface area contributed by atoms with Crippen molar-refractivity contribution in [2.45, 2.75) is 32.7 Å². The Hall–Kier alpha value is -5.33. The lowest BCUT2D eigenvalue weighted by Crippen LogP contribution is -2.28. The first-order valence-corrected chi connectivity index (χ1v) is 15.7. The second-order valence-electron chi connectivity index (χ2n) is 10.7. The zero-order valence-electron chi connectivity index (χ0n) is 27.0. The van der Waals surface area contributed by atoms with Crippen LogP contribution in [0.25, 0.3) is 32.6 Å². The SMILES string of the molecule is CCNC(=O)Nc1cc(-c2nc(C(F)(F)F)cs2)c(-c2ccc3c(c2)c(=O)c(C(=O)OCc2oc(=O)oc2C)cn3C(COC)COC)cn1. The van der Waals surface area contributed by atoms with Crippen LogP contribution in [0.3, 0.4) is 0 Å². The maximum Gasteiger partial charge on any atom is 0.519 e. The molecule has 0 atom stereocenters. The molecule has 50 heavy (non-hydrogen) atoms. The molecule has 5 rings (SSSR count). The summed E-state index contributed by atoms with van der Waals surface area (Å²) in [6, 6.07) is 4.99. The smallest absolute Gasteiger partial charge is 0.454 e. The highest BCUT2D eigenvalue weighted by Gasteiger charge is 2.34. The minimum absolute atomic E-state index is 0.0232. The number of aryl methyl sites for hydroxylation is 1. The van der Waals surface area contributed by atoms with E-state index in [1.54, 1.807) is 23.6 Å². The Labute approximate surface area is 284 Å². The molecule has 264 valence electrons. The molecule has 1 aromatic carbocycles. The van der Waals surface area contributed by atoms with Gasteiger partial charge >= 0.3 is 24.0 Å². The summed E-state index contributed by atoms with van der Waals surface area (Å²) >= 11 is 0.737. The highest BCUT2D eigenvalue weighted by atomic mass is 32.1. The maximum absolute atomic E-state index is 14.0. The van der Waals surface area contributed by atoms with Crippen molar-refractivity contribution in [1.82, 2.24) is 19.9 Å². The van der Waals surface area contributed by atoms with Gasteiger partial charge in [0.25, 0.3) is 0 Å². The van der Waals surface area contributed by atoms with Gasteiger partial charge in [0.1, 0.15) is 16.4 Å². The minimum Gasteiger partial charge on any atom is -0.454 e. The van der Waals surface area contributed by atoms with Crippen molar-refractivity contribution < 1.29 is 45.8 Å². The van der Waals surface area contributed by atoms with E-state index in [2.05, 4.69) is 20.6 Å². The number of amides is 2. The van der Waals surface area contributed by atoms with Crippen LogP contribution in [-0.4, -0.2) is 60.5 Å². The quantitative estimate of drug-likeness (QED) is 0.158. The second-order valence-corrected chi connectivity index (χ2v) is 11.6. The number of fused-ring (bicyclic) bond motifs is 1. The van der Waals surface area contributed by atoms with E-state index in [9.17, 15) is 32.3 Å². The first-order valence-electron chi connectivity index (χ1n) is 14.9. The maximum atomic E-state index is 14.0. The van der Waals surface area contributed by atoms with E-state index in [-0.39, 0.29) is 57.6 Å². The van der Waals surface area contributed by atoms with Crippen LogP contribution in [0.4, 0.5) is 23.8 Å². The van der Waals surface area contributed by atoms with Crippen LogP contribution in [0.15, 0.2) is 60.5 Å². The molecule has 0 aliphatic carbocycles. The topological polar surface area (TPSA) is 177 Å². The number of aromatic nitrogens is 3. The van der Waals surface area contributed by atoms with Crippen LogP contribution in [-0.2, 0) is 27.0 Å². The normalized spacial score (nSPS) is 11.7. The summed E-state index contributed by atoms with van der Waals surface area (Å²) in [7, 11) is 2.95. The van der Waals surface area contributed by atoms with E-state index in [1.807, 2.05) is 0 Å². The summed E-state index contributed by atoms with van der Waals surface area (Å²) in [5, 5.41) is 5.98. The van der Waals surface area contributed by atoms with Crippen LogP contribution in [0, 0.1) is 6.92 Å². The summed E-state index contributed by atoms with van der Waals surface area (Å²) in [5.74, 6) is -1.91. The van der Waals surface area contributed by atoms with Crippen LogP contribution >= 0.6 is 11.3 Å². The number of nitrogens with one attached hydrogen (secondary N) is 2. The van der Waals surface area contributed by atoms with Gasteiger partial charge in [-0.3, -0.25) is 10.1 Å². The van der Waals surface area contributed by atoms with Gasteiger partial charge in [-0.25, -0.2) is 24.4 Å². The van der Waals surface area contributed by atoms with Gasteiger partial charge in [-0.1, -0.05) is 6.07 Å². The summed E-state index contributed by atoms with van der Waals surface area (Å²) < 4.78 is 68.0. The molecule has 4 aromatic heterocycles. The first-order chi connectivity index (χ1) is 23.8. The van der Waals surface area contributed by atoms with E-state index in [4.69, 9.17) is 23.0 Å². The van der Waals surface area contributed by atoms with Crippen molar-refractivity contribution in [2.75, 3.05) is 39.3 Å². The molecule has 5 aromatic rings. The highest BCUT2D eigenvalue weighted by molar-refractivity contribution is 7.13. The largest absolute Gasteiger partial charge is 0.519 e. The molecule has 0 aliphatic rings. The van der Waals surface area contributed by atoms with Gasteiger partial charge in [0, 0.05) is 55.1 Å². The highest BCUT2D eigenvalue weighted by Crippen LogP contribution is 2.39. The van der Waals surface area contributed by atoms with Crippen LogP contribution < -0.4 is 21.9 Å². The second kappa shape index (κ2) is 15.1. The van der Waals surface area contributed by atoms with Crippen molar-refractivity contribution in [3.05, 3.63) is 85.7 Å². The number of thiazole rings is 1. The van der Waals surface area contributed by atoms with E-state index in [0.717, 1.165) is 16.7 Å². The Balaban J connectivity index is 1.67. The molecule has 0 saturated carbocycles. The molecule has 0 fully saturated rings. The summed E-state index contributed by atoms with van der Waals surface area (Å²) in [6.45, 7) is 3.23. The molecule has 0 radical (unpaired) electrons. The Morgan fingerprint density at radius 1 is 1.08 bits per heavy atom. The van der Waals surface area contributed by atoms with Gasteiger partial charge in [0.05, 0.1) is 24.8 Å². The van der Waals surface area contributed by atoms with E-state index in [1.165, 1.54) is 45.7 Å². The van der Waals surface area contributed by atoms with Gasteiger partial charge in [-0.15, -0.1) is 11.3 Å². The lowest BCUT2D eigenvalue weighted by atomic mass is 9.99. The average molecular weight is 718 g/mol. The Kier molecular flexibility index (Phi) is 10.8. The first kappa shape index (κ1) is 36.0. The number of halogens is 3. The molecule has 0 unspecified atom stereocenters. The van der Waals surface area contributed by atoms with E-state index < -0.39 is 47.8 Å². The predicted octanol–water partition coefficient (Wildman–Crippen LogP) is 5.39. The van der Waals surface area contributed by atoms with Crippen LogP contribution in [0.1, 0.15) is 40.5 Å². The molecule has 0 bridgehead atoms. The zero-order chi connectivity index (χ0) is 36.2. The fourth-order valence-electron chi connectivity index (χ4n) is 5.06. The standard InChI is InChI=1S/C32H30F3N5O9S/c1-5-36-30(43)39-26-9-19(28-38-25(15-50-28)32(33,34)35)21(10-37-26)17-6-7-23-20(8-17)27(41)22(11-40(23)18(12-45-3)13-46-4)29(42)47-14-24-16(2)48-31(44)49-24/h6-11,15,18H,5,12-14H2,1-4H3,(H2,36,37,39,43). The van der Waals surface area contributed by atoms with Crippen molar-refractivity contribution in [3.8, 4) is 21.7 Å². The average Bonchev–Trinajstić information content (AvgIpc) is 3.70. The zero-order valence-corrected chi connectivity index (χ0v) is 27.8. The fraction of sp³-hybridized carbons (Fsp3) is 0.312. The van der Waals surface area contributed by atoms with Gasteiger partial charge in [-0.05, 0) is 37.6 Å². The third-order valence-corrected chi connectivity index (χ3v) is 8.23. The molecule has 2 N–H and O–H groups in total. The molecular formula is C32H30F3N5O9S. The number of anilines is 1. The van der Waals surface area contributed by atoms with E-state index >= 15 is 0 Å². The van der Waals surface area contributed by atoms with Gasteiger partial charge in [-0.2, -0.15) is 13.2 Å². The number of rotatable bonds is 12. The number of pyridine rings is 2. The summed E-state index contributed by atoms with van der Waals surface area (Å²) in [5.41, 5.74) is -1.00. The summed E-state index contributed by atoms with van der Waals surface area (Å²) in [4.78, 5) is 59.0. The Morgan fingerprint density at radius 3 is 2.44 bits per heavy atom.